The van der Waals surface area contributed by atoms with Crippen molar-refractivity contribution in [3.8, 4) is 0 Å². The Hall–Kier alpha value is -2.96. The van der Waals surface area contributed by atoms with Crippen molar-refractivity contribution in [1.82, 2.24) is 20.3 Å². The van der Waals surface area contributed by atoms with Gasteiger partial charge < -0.3 is 15.2 Å². The van der Waals surface area contributed by atoms with E-state index in [4.69, 9.17) is 4.52 Å². The summed E-state index contributed by atoms with van der Waals surface area (Å²) in [7, 11) is 0. The Morgan fingerprint density at radius 1 is 1.09 bits per heavy atom. The first-order valence-electron chi connectivity index (χ1n) is 6.88. The Morgan fingerprint density at radius 3 is 2.64 bits per heavy atom. The van der Waals surface area contributed by atoms with Crippen molar-refractivity contribution in [3.63, 3.8) is 0 Å². The van der Waals surface area contributed by atoms with Crippen LogP contribution in [0.25, 0.3) is 0 Å². The van der Waals surface area contributed by atoms with Gasteiger partial charge in [-0.05, 0) is 19.4 Å². The maximum absolute atomic E-state index is 4.98. The topological polar surface area (TPSA) is 88.8 Å². The number of nitrogens with one attached hydrogen (secondary N) is 2. The second kappa shape index (κ2) is 6.21. The second-order valence-electron chi connectivity index (χ2n) is 4.95. The monoisotopic (exact) mass is 296 g/mol. The van der Waals surface area contributed by atoms with Crippen LogP contribution in [0.15, 0.2) is 41.1 Å². The number of rotatable bonds is 5. The van der Waals surface area contributed by atoms with Gasteiger partial charge in [0.25, 0.3) is 0 Å². The minimum atomic E-state index is 0.363. The van der Waals surface area contributed by atoms with Crippen LogP contribution in [0.1, 0.15) is 16.9 Å². The molecule has 0 aliphatic carbocycles. The average Bonchev–Trinajstić information content (AvgIpc) is 2.92. The molecule has 3 rings (SSSR count). The Labute approximate surface area is 127 Å². The normalized spacial score (nSPS) is 10.5. The van der Waals surface area contributed by atoms with Gasteiger partial charge in [0.15, 0.2) is 11.6 Å². The first-order valence-corrected chi connectivity index (χ1v) is 6.88. The molecule has 0 aliphatic heterocycles. The van der Waals surface area contributed by atoms with Gasteiger partial charge >= 0.3 is 0 Å². The highest BCUT2D eigenvalue weighted by Crippen LogP contribution is 2.13. The van der Waals surface area contributed by atoms with Crippen LogP contribution < -0.4 is 10.6 Å². The summed E-state index contributed by atoms with van der Waals surface area (Å²) in [4.78, 5) is 4.33. The van der Waals surface area contributed by atoms with Gasteiger partial charge in [-0.2, -0.15) is 10.1 Å². The van der Waals surface area contributed by atoms with Crippen molar-refractivity contribution >= 4 is 17.6 Å². The van der Waals surface area contributed by atoms with E-state index in [9.17, 15) is 0 Å². The second-order valence-corrected chi connectivity index (χ2v) is 4.95. The highest BCUT2D eigenvalue weighted by atomic mass is 16.5. The first kappa shape index (κ1) is 14.0. The minimum Gasteiger partial charge on any atom is -0.365 e. The summed E-state index contributed by atoms with van der Waals surface area (Å²) in [5.41, 5.74) is 2.41. The number of nitrogens with zero attached hydrogens (tertiary/aromatic N) is 4. The van der Waals surface area contributed by atoms with Crippen molar-refractivity contribution in [2.24, 2.45) is 0 Å². The van der Waals surface area contributed by atoms with E-state index in [1.165, 1.54) is 11.1 Å². The fourth-order valence-electron chi connectivity index (χ4n) is 1.88. The lowest BCUT2D eigenvalue weighted by atomic mass is 10.1. The van der Waals surface area contributed by atoms with Crippen molar-refractivity contribution < 1.29 is 4.52 Å². The molecule has 0 unspecified atom stereocenters. The summed E-state index contributed by atoms with van der Waals surface area (Å²) in [5, 5.41) is 17.8. The molecule has 112 valence electrons. The molecule has 7 nitrogen and oxygen atoms in total. The van der Waals surface area contributed by atoms with Crippen LogP contribution in [0.3, 0.4) is 0 Å². The maximum atomic E-state index is 4.98. The molecule has 0 aliphatic rings. The molecule has 2 heterocycles. The van der Waals surface area contributed by atoms with Crippen LogP contribution in [-0.4, -0.2) is 20.3 Å². The first-order chi connectivity index (χ1) is 10.7. The van der Waals surface area contributed by atoms with E-state index >= 15 is 0 Å². The van der Waals surface area contributed by atoms with Crippen LogP contribution in [0, 0.1) is 13.8 Å². The molecule has 2 N–H and O–H groups in total. The molecule has 1 aromatic carbocycles. The minimum absolute atomic E-state index is 0.363. The third kappa shape index (κ3) is 3.57. The fraction of sp³-hybridized carbons (Fsp3) is 0.200. The van der Waals surface area contributed by atoms with E-state index in [0.717, 1.165) is 0 Å². The summed E-state index contributed by atoms with van der Waals surface area (Å²) in [6, 6.07) is 10.1. The molecule has 0 radical (unpaired) electrons. The van der Waals surface area contributed by atoms with E-state index in [1.54, 1.807) is 12.3 Å². The zero-order chi connectivity index (χ0) is 15.4. The number of anilines is 3. The average molecular weight is 296 g/mol. The van der Waals surface area contributed by atoms with Crippen LogP contribution in [0.5, 0.6) is 0 Å². The Balaban J connectivity index is 1.64. The standard InChI is InChI=1S/C15H16N6O/c1-10-3-5-12(6-4-10)8-16-14-9-17-20-15(19-14)18-13-7-11(2)22-21-13/h3-7,9H,8H2,1-2H3,(H2,16,18,19,20,21). The Kier molecular flexibility index (Phi) is 3.95. The number of benzene rings is 1. The fourth-order valence-corrected chi connectivity index (χ4v) is 1.88. The van der Waals surface area contributed by atoms with Gasteiger partial charge in [0.2, 0.25) is 5.95 Å². The Bertz CT molecular complexity index is 753. The molecule has 7 heteroatoms. The zero-order valence-electron chi connectivity index (χ0n) is 12.4. The van der Waals surface area contributed by atoms with E-state index in [1.807, 2.05) is 6.92 Å². The molecule has 3 aromatic rings. The molecule has 0 spiro atoms. The van der Waals surface area contributed by atoms with E-state index in [-0.39, 0.29) is 0 Å². The van der Waals surface area contributed by atoms with Crippen LogP contribution in [0.2, 0.25) is 0 Å². The molecule has 22 heavy (non-hydrogen) atoms. The predicted molar refractivity (Wildman–Crippen MR) is 82.9 cm³/mol. The van der Waals surface area contributed by atoms with Gasteiger partial charge in [-0.25, -0.2) is 0 Å². The van der Waals surface area contributed by atoms with Gasteiger partial charge in [-0.15, -0.1) is 5.10 Å². The maximum Gasteiger partial charge on any atom is 0.250 e. The molecule has 0 atom stereocenters. The van der Waals surface area contributed by atoms with E-state index in [2.05, 4.69) is 62.2 Å². The number of hydrogen-bond donors (Lipinski definition) is 2. The van der Waals surface area contributed by atoms with Crippen LogP contribution in [0.4, 0.5) is 17.6 Å². The molecule has 0 saturated heterocycles. The van der Waals surface area contributed by atoms with Gasteiger partial charge in [0, 0.05) is 12.6 Å². The smallest absolute Gasteiger partial charge is 0.250 e. The molecule has 0 amide bonds. The van der Waals surface area contributed by atoms with Gasteiger partial charge in [-0.1, -0.05) is 35.0 Å². The molecule has 0 bridgehead atoms. The number of hydrogen-bond acceptors (Lipinski definition) is 7. The number of aromatic nitrogens is 4. The quantitative estimate of drug-likeness (QED) is 0.748. The Morgan fingerprint density at radius 2 is 1.91 bits per heavy atom. The van der Waals surface area contributed by atoms with Crippen LogP contribution >= 0.6 is 0 Å². The zero-order valence-corrected chi connectivity index (χ0v) is 12.4. The van der Waals surface area contributed by atoms with Crippen molar-refractivity contribution in [3.05, 3.63) is 53.4 Å². The lowest BCUT2D eigenvalue weighted by Gasteiger charge is -2.06. The molecular weight excluding hydrogens is 280 g/mol. The number of aryl methyl sites for hydroxylation is 2. The summed E-state index contributed by atoms with van der Waals surface area (Å²) in [6.07, 6.45) is 1.58. The summed E-state index contributed by atoms with van der Waals surface area (Å²) >= 11 is 0. The van der Waals surface area contributed by atoms with Crippen LogP contribution in [-0.2, 0) is 6.54 Å². The lowest BCUT2D eigenvalue weighted by Crippen LogP contribution is -2.05. The third-order valence-corrected chi connectivity index (χ3v) is 3.02. The molecule has 0 fully saturated rings. The van der Waals surface area contributed by atoms with Crippen molar-refractivity contribution in [1.29, 1.82) is 0 Å². The van der Waals surface area contributed by atoms with Gasteiger partial charge in [0.05, 0.1) is 6.20 Å². The van der Waals surface area contributed by atoms with Crippen molar-refractivity contribution in [2.45, 2.75) is 20.4 Å². The molecular formula is C15H16N6O. The largest absolute Gasteiger partial charge is 0.365 e. The molecule has 0 saturated carbocycles. The third-order valence-electron chi connectivity index (χ3n) is 3.02. The SMILES string of the molecule is Cc1ccc(CNc2cnnc(Nc3cc(C)on3)n2)cc1. The van der Waals surface area contributed by atoms with E-state index < -0.39 is 0 Å². The lowest BCUT2D eigenvalue weighted by molar-refractivity contribution is 0.400. The highest BCUT2D eigenvalue weighted by Gasteiger charge is 2.04. The summed E-state index contributed by atoms with van der Waals surface area (Å²) in [5.74, 6) is 2.26. The predicted octanol–water partition coefficient (Wildman–Crippen LogP) is 2.83. The highest BCUT2D eigenvalue weighted by molar-refractivity contribution is 5.48. The van der Waals surface area contributed by atoms with Gasteiger partial charge in [-0.3, -0.25) is 0 Å². The van der Waals surface area contributed by atoms with Crippen molar-refractivity contribution in [2.75, 3.05) is 10.6 Å². The van der Waals surface area contributed by atoms with Gasteiger partial charge in [0.1, 0.15) is 5.76 Å². The summed E-state index contributed by atoms with van der Waals surface area (Å²) < 4.78 is 4.98. The molecule has 2 aromatic heterocycles. The van der Waals surface area contributed by atoms with E-state index in [0.29, 0.717) is 29.9 Å². The summed E-state index contributed by atoms with van der Waals surface area (Å²) in [6.45, 7) is 4.55.